The molecule has 0 radical (unpaired) electrons. The number of fused-ring (bicyclic) bond motifs is 6. The minimum Gasteiger partial charge on any atom is -0.310 e. The van der Waals surface area contributed by atoms with Crippen LogP contribution in [0.3, 0.4) is 0 Å². The van der Waals surface area contributed by atoms with Crippen molar-refractivity contribution in [2.75, 3.05) is 0 Å². The van der Waals surface area contributed by atoms with Gasteiger partial charge in [0.05, 0.1) is 58.3 Å². The molecule has 8 aromatic rings. The van der Waals surface area contributed by atoms with Gasteiger partial charge in [0.15, 0.2) is 11.4 Å². The Balaban J connectivity index is 1.58. The fourth-order valence-electron chi connectivity index (χ4n) is 6.91. The van der Waals surface area contributed by atoms with E-state index in [1.807, 2.05) is 71.3 Å². The van der Waals surface area contributed by atoms with E-state index in [1.54, 1.807) is 41.0 Å². The molecule has 0 atom stereocenters. The normalized spacial score (nSPS) is 11.4. The third kappa shape index (κ3) is 4.47. The number of para-hydroxylation sites is 2. The van der Waals surface area contributed by atoms with Gasteiger partial charge in [0.2, 0.25) is 0 Å². The van der Waals surface area contributed by atoms with E-state index in [0.717, 1.165) is 27.6 Å². The van der Waals surface area contributed by atoms with Crippen LogP contribution in [-0.2, 0) is 6.18 Å². The summed E-state index contributed by atoms with van der Waals surface area (Å²) in [7, 11) is 0. The van der Waals surface area contributed by atoms with E-state index < -0.39 is 11.7 Å². The molecule has 2 aromatic heterocycles. The van der Waals surface area contributed by atoms with Crippen LogP contribution in [0.1, 0.15) is 16.7 Å². The molecule has 234 valence electrons. The third-order valence-corrected chi connectivity index (χ3v) is 9.03. The molecule has 9 heteroatoms. The lowest BCUT2D eigenvalue weighted by Gasteiger charge is -2.21. The van der Waals surface area contributed by atoms with E-state index in [-0.39, 0.29) is 27.9 Å². The van der Waals surface area contributed by atoms with Gasteiger partial charge < -0.3 is 9.13 Å². The number of alkyl halides is 3. The number of rotatable bonds is 3. The predicted octanol–water partition coefficient (Wildman–Crippen LogP) is 11.4. The number of nitrogens with zero attached hydrogens (tertiary/aromatic N) is 6. The average molecular weight is 653 g/mol. The van der Waals surface area contributed by atoms with Gasteiger partial charge in [-0.05, 0) is 54.1 Å². The second kappa shape index (κ2) is 11.1. The number of aromatic nitrogens is 2. The lowest BCUT2D eigenvalue weighted by atomic mass is 9.93. The molecule has 0 unspecified atom stereocenters. The maximum atomic E-state index is 14.9. The van der Waals surface area contributed by atoms with Gasteiger partial charge in [-0.1, -0.05) is 66.7 Å². The summed E-state index contributed by atoms with van der Waals surface area (Å²) >= 11 is 0. The SMILES string of the molecule is [C-]#[N+]c1ccc2c3ccccc3n(-c3cc(-c4ccc(C#N)cc4C(F)(F)F)c(-n4c5ccccc5c5ccc([N+]#[C-])cc54)cc3C#N)c2c1. The molecule has 0 saturated carbocycles. The van der Waals surface area contributed by atoms with Crippen molar-refractivity contribution in [3.8, 4) is 34.6 Å². The molecule has 0 amide bonds. The highest BCUT2D eigenvalue weighted by atomic mass is 19.4. The second-order valence-electron chi connectivity index (χ2n) is 11.7. The van der Waals surface area contributed by atoms with Crippen LogP contribution in [0.5, 0.6) is 0 Å². The minimum absolute atomic E-state index is 0.149. The molecule has 0 saturated heterocycles. The van der Waals surface area contributed by atoms with Gasteiger partial charge in [-0.15, -0.1) is 0 Å². The Labute approximate surface area is 282 Å². The molecule has 0 fully saturated rings. The van der Waals surface area contributed by atoms with Crippen molar-refractivity contribution in [3.63, 3.8) is 0 Å². The summed E-state index contributed by atoms with van der Waals surface area (Å²) < 4.78 is 48.3. The maximum absolute atomic E-state index is 14.9. The average Bonchev–Trinajstić information content (AvgIpc) is 3.65. The summed E-state index contributed by atoms with van der Waals surface area (Å²) in [6.45, 7) is 15.3. The monoisotopic (exact) mass is 652 g/mol. The van der Waals surface area contributed by atoms with Gasteiger partial charge >= 0.3 is 6.18 Å². The Morgan fingerprint density at radius 2 is 1.08 bits per heavy atom. The van der Waals surface area contributed by atoms with Crippen molar-refractivity contribution in [1.82, 2.24) is 9.13 Å². The van der Waals surface area contributed by atoms with Crippen molar-refractivity contribution in [2.45, 2.75) is 6.18 Å². The van der Waals surface area contributed by atoms with E-state index in [9.17, 15) is 23.7 Å². The molecule has 6 aromatic carbocycles. The lowest BCUT2D eigenvalue weighted by molar-refractivity contribution is -0.137. The maximum Gasteiger partial charge on any atom is 0.417 e. The topological polar surface area (TPSA) is 66.2 Å². The van der Waals surface area contributed by atoms with Crippen molar-refractivity contribution in [2.24, 2.45) is 0 Å². The fourth-order valence-corrected chi connectivity index (χ4v) is 6.91. The van der Waals surface area contributed by atoms with Crippen LogP contribution in [0, 0.1) is 35.8 Å². The molecule has 50 heavy (non-hydrogen) atoms. The highest BCUT2D eigenvalue weighted by Crippen LogP contribution is 2.45. The summed E-state index contributed by atoms with van der Waals surface area (Å²) in [5.74, 6) is 0. The van der Waals surface area contributed by atoms with Crippen molar-refractivity contribution >= 4 is 55.0 Å². The van der Waals surface area contributed by atoms with E-state index in [1.165, 1.54) is 12.1 Å². The quantitative estimate of drug-likeness (QED) is 0.178. The van der Waals surface area contributed by atoms with E-state index >= 15 is 0 Å². The van der Waals surface area contributed by atoms with Crippen LogP contribution in [0.4, 0.5) is 24.5 Å². The van der Waals surface area contributed by atoms with Crippen LogP contribution in [0.15, 0.2) is 115 Å². The van der Waals surface area contributed by atoms with Crippen LogP contribution in [0.2, 0.25) is 0 Å². The van der Waals surface area contributed by atoms with Crippen molar-refractivity contribution in [1.29, 1.82) is 10.5 Å². The molecular formula is C41H19F3N6. The molecule has 0 aliphatic rings. The molecule has 2 heterocycles. The molecule has 8 rings (SSSR count). The highest BCUT2D eigenvalue weighted by molar-refractivity contribution is 6.12. The molecule has 0 bridgehead atoms. The fraction of sp³-hybridized carbons (Fsp3) is 0.0244. The lowest BCUT2D eigenvalue weighted by Crippen LogP contribution is -2.10. The smallest absolute Gasteiger partial charge is 0.310 e. The zero-order valence-corrected chi connectivity index (χ0v) is 25.8. The number of halogens is 3. The van der Waals surface area contributed by atoms with Gasteiger partial charge in [-0.3, -0.25) is 0 Å². The Morgan fingerprint density at radius 3 is 1.60 bits per heavy atom. The first-order valence-corrected chi connectivity index (χ1v) is 15.3. The number of hydrogen-bond donors (Lipinski definition) is 0. The molecule has 0 aliphatic heterocycles. The first kappa shape index (κ1) is 30.0. The summed E-state index contributed by atoms with van der Waals surface area (Å²) in [5, 5.41) is 23.5. The Bertz CT molecular complexity index is 2920. The van der Waals surface area contributed by atoms with Crippen molar-refractivity contribution in [3.05, 3.63) is 155 Å². The first-order valence-electron chi connectivity index (χ1n) is 15.3. The van der Waals surface area contributed by atoms with E-state index in [0.29, 0.717) is 39.1 Å². The van der Waals surface area contributed by atoms with Gasteiger partial charge in [0.1, 0.15) is 6.07 Å². The second-order valence-corrected chi connectivity index (χ2v) is 11.7. The third-order valence-electron chi connectivity index (χ3n) is 9.03. The molecule has 0 aliphatic carbocycles. The number of nitriles is 2. The largest absolute Gasteiger partial charge is 0.417 e. The van der Waals surface area contributed by atoms with Gasteiger partial charge in [-0.2, -0.15) is 23.7 Å². The standard InChI is InChI=1S/C41H19F3N6/c1-47-26-12-15-31-29-7-3-5-9-35(29)49(39(31)19-26)37-21-33(28-14-11-24(22-45)17-34(28)41(42,43)44)38(18-25(37)23-46)50-36-10-6-4-8-30(36)32-16-13-27(48-2)20-40(32)50/h3-21H. The molecular weight excluding hydrogens is 633 g/mol. The Hall–Kier alpha value is -7.33. The van der Waals surface area contributed by atoms with E-state index in [4.69, 9.17) is 13.1 Å². The highest BCUT2D eigenvalue weighted by Gasteiger charge is 2.35. The number of benzene rings is 6. The van der Waals surface area contributed by atoms with Crippen LogP contribution >= 0.6 is 0 Å². The summed E-state index contributed by atoms with van der Waals surface area (Å²) in [4.78, 5) is 7.21. The first-order chi connectivity index (χ1) is 24.2. The van der Waals surface area contributed by atoms with Crippen LogP contribution < -0.4 is 0 Å². The number of hydrogen-bond acceptors (Lipinski definition) is 2. The van der Waals surface area contributed by atoms with Crippen molar-refractivity contribution < 1.29 is 13.2 Å². The summed E-state index contributed by atoms with van der Waals surface area (Å²) in [6.07, 6.45) is -4.83. The van der Waals surface area contributed by atoms with Gasteiger partial charge in [-0.25, -0.2) is 9.69 Å². The Morgan fingerprint density at radius 1 is 0.540 bits per heavy atom. The van der Waals surface area contributed by atoms with Crippen LogP contribution in [0.25, 0.3) is 75.8 Å². The Kier molecular flexibility index (Phi) is 6.69. The zero-order chi connectivity index (χ0) is 34.7. The van der Waals surface area contributed by atoms with Gasteiger partial charge in [0, 0.05) is 38.1 Å². The summed E-state index contributed by atoms with van der Waals surface area (Å²) in [6, 6.07) is 36.1. The van der Waals surface area contributed by atoms with Gasteiger partial charge in [0.25, 0.3) is 0 Å². The minimum atomic E-state index is -4.83. The summed E-state index contributed by atoms with van der Waals surface area (Å²) in [5.41, 5.74) is 2.87. The van der Waals surface area contributed by atoms with E-state index in [2.05, 4.69) is 15.8 Å². The van der Waals surface area contributed by atoms with Crippen LogP contribution in [-0.4, -0.2) is 9.13 Å². The predicted molar refractivity (Wildman–Crippen MR) is 188 cm³/mol. The zero-order valence-electron chi connectivity index (χ0n) is 25.8. The molecule has 0 spiro atoms. The molecule has 6 nitrogen and oxygen atoms in total. The molecule has 0 N–H and O–H groups in total.